The summed E-state index contributed by atoms with van der Waals surface area (Å²) >= 11 is 0. The number of hydrogen-bond acceptors (Lipinski definition) is 9. The van der Waals surface area contributed by atoms with E-state index in [0.717, 1.165) is 81.0 Å². The number of piperazine rings is 1. The van der Waals surface area contributed by atoms with Crippen LogP contribution in [-0.2, 0) is 19.5 Å². The van der Waals surface area contributed by atoms with Crippen LogP contribution in [0.15, 0.2) is 42.7 Å². The second-order valence-electron chi connectivity index (χ2n) is 8.78. The number of hydrogen-bond donors (Lipinski definition) is 0. The van der Waals surface area contributed by atoms with Gasteiger partial charge >= 0.3 is 0 Å². The summed E-state index contributed by atoms with van der Waals surface area (Å²) in [4.78, 5) is 21.1. The summed E-state index contributed by atoms with van der Waals surface area (Å²) in [5.41, 5.74) is 3.40. The Kier molecular flexibility index (Phi) is 6.85. The van der Waals surface area contributed by atoms with Gasteiger partial charge in [0.1, 0.15) is 11.6 Å². The van der Waals surface area contributed by atoms with E-state index in [4.69, 9.17) is 24.2 Å². The van der Waals surface area contributed by atoms with Gasteiger partial charge in [-0.2, -0.15) is 0 Å². The lowest BCUT2D eigenvalue weighted by atomic mass is 10.1. The summed E-state index contributed by atoms with van der Waals surface area (Å²) in [7, 11) is 4.97. The van der Waals surface area contributed by atoms with E-state index >= 15 is 0 Å². The molecule has 0 unspecified atom stereocenters. The quantitative estimate of drug-likeness (QED) is 0.512. The second-order valence-corrected chi connectivity index (χ2v) is 8.78. The standard InChI is InChI=1S/C26H32N6O3/c1-33-22-15-24(35-3)23(34-2)14-19(22)17-30-9-7-21-20(18-30)16-28-26(29-21)32-12-10-31(11-13-32)25-6-4-5-8-27-25/h4-6,8,14-16H,7,9-13,17-18H2,1-3H3. The summed E-state index contributed by atoms with van der Waals surface area (Å²) in [5.74, 6) is 4.03. The first-order valence-electron chi connectivity index (χ1n) is 12.0. The van der Waals surface area contributed by atoms with Crippen LogP contribution in [0, 0.1) is 0 Å². The third kappa shape index (κ3) is 4.95. The van der Waals surface area contributed by atoms with Crippen molar-refractivity contribution < 1.29 is 14.2 Å². The smallest absolute Gasteiger partial charge is 0.225 e. The molecule has 5 rings (SSSR count). The maximum Gasteiger partial charge on any atom is 0.225 e. The molecule has 2 aliphatic heterocycles. The van der Waals surface area contributed by atoms with Gasteiger partial charge in [0.25, 0.3) is 0 Å². The van der Waals surface area contributed by atoms with Crippen LogP contribution in [0.2, 0.25) is 0 Å². The molecular formula is C26H32N6O3. The monoisotopic (exact) mass is 476 g/mol. The predicted octanol–water partition coefficient (Wildman–Crippen LogP) is 2.78. The average molecular weight is 477 g/mol. The molecule has 9 heteroatoms. The van der Waals surface area contributed by atoms with Crippen LogP contribution in [0.25, 0.3) is 0 Å². The summed E-state index contributed by atoms with van der Waals surface area (Å²) in [6.45, 7) is 6.09. The number of ether oxygens (including phenoxy) is 3. The van der Waals surface area contributed by atoms with E-state index in [1.807, 2.05) is 36.7 Å². The van der Waals surface area contributed by atoms with Gasteiger partial charge in [0.05, 0.1) is 27.0 Å². The van der Waals surface area contributed by atoms with E-state index in [1.165, 1.54) is 5.56 Å². The molecule has 0 aliphatic carbocycles. The van der Waals surface area contributed by atoms with Gasteiger partial charge < -0.3 is 24.0 Å². The van der Waals surface area contributed by atoms with Gasteiger partial charge in [0, 0.05) is 81.8 Å². The van der Waals surface area contributed by atoms with Crippen molar-refractivity contribution in [2.75, 3.05) is 63.9 Å². The van der Waals surface area contributed by atoms with E-state index in [1.54, 1.807) is 21.3 Å². The largest absolute Gasteiger partial charge is 0.496 e. The lowest BCUT2D eigenvalue weighted by Gasteiger charge is -2.36. The molecule has 0 radical (unpaired) electrons. The Morgan fingerprint density at radius 1 is 0.829 bits per heavy atom. The number of fused-ring (bicyclic) bond motifs is 1. The number of anilines is 2. The molecule has 0 amide bonds. The molecule has 0 N–H and O–H groups in total. The van der Waals surface area contributed by atoms with E-state index in [9.17, 15) is 0 Å². The average Bonchev–Trinajstić information content (AvgIpc) is 2.93. The van der Waals surface area contributed by atoms with Crippen LogP contribution in [0.1, 0.15) is 16.8 Å². The van der Waals surface area contributed by atoms with Crippen molar-refractivity contribution in [3.05, 3.63) is 59.5 Å². The molecule has 0 bridgehead atoms. The van der Waals surface area contributed by atoms with Crippen LogP contribution < -0.4 is 24.0 Å². The van der Waals surface area contributed by atoms with E-state index in [2.05, 4.69) is 25.8 Å². The van der Waals surface area contributed by atoms with Crippen LogP contribution >= 0.6 is 0 Å². The van der Waals surface area contributed by atoms with Gasteiger partial charge in [0.15, 0.2) is 11.5 Å². The molecule has 4 heterocycles. The molecule has 2 aromatic heterocycles. The lowest BCUT2D eigenvalue weighted by Crippen LogP contribution is -2.47. The SMILES string of the molecule is COc1cc(OC)c(OC)cc1CN1CCc2nc(N3CCN(c4ccccn4)CC3)ncc2C1. The number of rotatable bonds is 7. The Morgan fingerprint density at radius 3 is 2.29 bits per heavy atom. The van der Waals surface area contributed by atoms with Gasteiger partial charge in [-0.25, -0.2) is 15.0 Å². The summed E-state index contributed by atoms with van der Waals surface area (Å²) in [6.07, 6.45) is 4.74. The normalized spacial score (nSPS) is 16.1. The highest BCUT2D eigenvalue weighted by Gasteiger charge is 2.24. The maximum absolute atomic E-state index is 5.62. The molecule has 1 fully saturated rings. The molecule has 9 nitrogen and oxygen atoms in total. The molecular weight excluding hydrogens is 444 g/mol. The zero-order valence-electron chi connectivity index (χ0n) is 20.6. The highest BCUT2D eigenvalue weighted by molar-refractivity contribution is 5.51. The van der Waals surface area contributed by atoms with E-state index in [0.29, 0.717) is 11.5 Å². The van der Waals surface area contributed by atoms with Crippen LogP contribution in [-0.4, -0.2) is 73.9 Å². The topological polar surface area (TPSA) is 76.1 Å². The zero-order chi connectivity index (χ0) is 24.2. The highest BCUT2D eigenvalue weighted by atomic mass is 16.5. The summed E-state index contributed by atoms with van der Waals surface area (Å²) < 4.78 is 16.5. The minimum absolute atomic E-state index is 0.666. The van der Waals surface area contributed by atoms with Gasteiger partial charge in [-0.1, -0.05) is 6.07 Å². The van der Waals surface area contributed by atoms with Gasteiger partial charge in [-0.3, -0.25) is 4.90 Å². The molecule has 0 atom stereocenters. The third-order valence-electron chi connectivity index (χ3n) is 6.72. The van der Waals surface area contributed by atoms with Crippen molar-refractivity contribution in [3.8, 4) is 17.2 Å². The predicted molar refractivity (Wildman–Crippen MR) is 135 cm³/mol. The van der Waals surface area contributed by atoms with Crippen LogP contribution in [0.3, 0.4) is 0 Å². The number of pyridine rings is 1. The molecule has 0 spiro atoms. The van der Waals surface area contributed by atoms with Crippen molar-refractivity contribution in [1.29, 1.82) is 0 Å². The Bertz CT molecular complexity index is 1150. The van der Waals surface area contributed by atoms with E-state index < -0.39 is 0 Å². The molecule has 2 aliphatic rings. The molecule has 3 aromatic rings. The Hall–Kier alpha value is -3.59. The zero-order valence-corrected chi connectivity index (χ0v) is 20.6. The molecule has 35 heavy (non-hydrogen) atoms. The minimum atomic E-state index is 0.666. The Balaban J connectivity index is 1.24. The Labute approximate surface area is 206 Å². The summed E-state index contributed by atoms with van der Waals surface area (Å²) in [5, 5.41) is 0. The van der Waals surface area contributed by atoms with Crippen molar-refractivity contribution in [2.24, 2.45) is 0 Å². The fraction of sp³-hybridized carbons (Fsp3) is 0.423. The lowest BCUT2D eigenvalue weighted by molar-refractivity contribution is 0.238. The minimum Gasteiger partial charge on any atom is -0.496 e. The highest BCUT2D eigenvalue weighted by Crippen LogP contribution is 2.35. The first-order valence-corrected chi connectivity index (χ1v) is 12.0. The van der Waals surface area contributed by atoms with Gasteiger partial charge in [-0.05, 0) is 18.2 Å². The fourth-order valence-corrected chi connectivity index (χ4v) is 4.78. The number of nitrogens with zero attached hydrogens (tertiary/aromatic N) is 6. The third-order valence-corrected chi connectivity index (χ3v) is 6.72. The van der Waals surface area contributed by atoms with Crippen molar-refractivity contribution in [3.63, 3.8) is 0 Å². The maximum atomic E-state index is 5.62. The molecule has 1 aromatic carbocycles. The fourth-order valence-electron chi connectivity index (χ4n) is 4.78. The van der Waals surface area contributed by atoms with Crippen molar-refractivity contribution in [1.82, 2.24) is 19.9 Å². The van der Waals surface area contributed by atoms with E-state index in [-0.39, 0.29) is 0 Å². The van der Waals surface area contributed by atoms with Crippen molar-refractivity contribution >= 4 is 11.8 Å². The van der Waals surface area contributed by atoms with Gasteiger partial charge in [0.2, 0.25) is 5.95 Å². The molecule has 0 saturated carbocycles. The number of methoxy groups -OCH3 is 3. The van der Waals surface area contributed by atoms with Crippen LogP contribution in [0.5, 0.6) is 17.2 Å². The van der Waals surface area contributed by atoms with Crippen LogP contribution in [0.4, 0.5) is 11.8 Å². The molecule has 1 saturated heterocycles. The molecule has 184 valence electrons. The summed E-state index contributed by atoms with van der Waals surface area (Å²) in [6, 6.07) is 9.93. The number of benzene rings is 1. The van der Waals surface area contributed by atoms with Gasteiger partial charge in [-0.15, -0.1) is 0 Å². The Morgan fingerprint density at radius 2 is 1.57 bits per heavy atom. The second kappa shape index (κ2) is 10.4. The number of aromatic nitrogens is 3. The first kappa shape index (κ1) is 23.2. The van der Waals surface area contributed by atoms with Crippen molar-refractivity contribution in [2.45, 2.75) is 19.5 Å². The first-order chi connectivity index (χ1) is 17.2.